The van der Waals surface area contributed by atoms with Crippen molar-refractivity contribution in [2.45, 2.75) is 25.3 Å². The number of ether oxygens (including phenoxy) is 1. The first-order valence-corrected chi connectivity index (χ1v) is 10.8. The van der Waals surface area contributed by atoms with Gasteiger partial charge in [-0.25, -0.2) is 4.98 Å². The van der Waals surface area contributed by atoms with Crippen LogP contribution in [0.25, 0.3) is 10.9 Å². The number of anilines is 1. The van der Waals surface area contributed by atoms with Gasteiger partial charge in [0.25, 0.3) is 0 Å². The zero-order valence-electron chi connectivity index (χ0n) is 17.7. The van der Waals surface area contributed by atoms with Gasteiger partial charge in [-0.1, -0.05) is 6.07 Å². The summed E-state index contributed by atoms with van der Waals surface area (Å²) in [4.78, 5) is 29.9. The normalized spacial score (nSPS) is 20.9. The van der Waals surface area contributed by atoms with Crippen molar-refractivity contribution in [3.05, 3.63) is 46.4 Å². The lowest BCUT2D eigenvalue weighted by atomic mass is 9.76. The number of rotatable bonds is 2. The van der Waals surface area contributed by atoms with Crippen LogP contribution in [0, 0.1) is 11.3 Å². The molecule has 2 aromatic heterocycles. The van der Waals surface area contributed by atoms with Crippen LogP contribution in [0.5, 0.6) is 0 Å². The maximum absolute atomic E-state index is 13.5. The summed E-state index contributed by atoms with van der Waals surface area (Å²) in [5, 5.41) is 10.1. The number of aromatic amines is 2. The number of hydrogen-bond donors (Lipinski definition) is 2. The Hall–Kier alpha value is -3.15. The molecule has 0 unspecified atom stereocenters. The van der Waals surface area contributed by atoms with E-state index in [0.717, 1.165) is 67.6 Å². The third-order valence-electron chi connectivity index (χ3n) is 7.06. The van der Waals surface area contributed by atoms with E-state index in [2.05, 4.69) is 39.7 Å². The quantitative estimate of drug-likeness (QED) is 0.664. The van der Waals surface area contributed by atoms with E-state index in [1.54, 1.807) is 12.1 Å². The van der Waals surface area contributed by atoms with Gasteiger partial charge in [-0.2, -0.15) is 5.26 Å². The molecule has 2 aliphatic heterocycles. The maximum Gasteiger partial charge on any atom is 0.215 e. The molecular formula is C23H24N6O2. The first-order valence-electron chi connectivity index (χ1n) is 10.8. The van der Waals surface area contributed by atoms with E-state index in [-0.39, 0.29) is 5.78 Å². The Morgan fingerprint density at radius 2 is 1.94 bits per heavy atom. The van der Waals surface area contributed by atoms with E-state index in [1.807, 2.05) is 6.07 Å². The highest BCUT2D eigenvalue weighted by Crippen LogP contribution is 2.43. The van der Waals surface area contributed by atoms with E-state index >= 15 is 0 Å². The van der Waals surface area contributed by atoms with Gasteiger partial charge >= 0.3 is 0 Å². The van der Waals surface area contributed by atoms with Gasteiger partial charge in [0, 0.05) is 48.2 Å². The molecule has 1 aliphatic carbocycles. The summed E-state index contributed by atoms with van der Waals surface area (Å²) in [5.41, 5.74) is 3.86. The lowest BCUT2D eigenvalue weighted by Crippen LogP contribution is -2.56. The smallest absolute Gasteiger partial charge is 0.215 e. The summed E-state index contributed by atoms with van der Waals surface area (Å²) in [6, 6.07) is 8.14. The third kappa shape index (κ3) is 2.60. The van der Waals surface area contributed by atoms with Crippen LogP contribution in [-0.4, -0.2) is 71.1 Å². The number of H-pyrrole nitrogens is 2. The molecule has 0 bridgehead atoms. The van der Waals surface area contributed by atoms with E-state index in [4.69, 9.17) is 9.72 Å². The van der Waals surface area contributed by atoms with Crippen molar-refractivity contribution in [3.63, 3.8) is 0 Å². The third-order valence-corrected chi connectivity index (χ3v) is 7.06. The Morgan fingerprint density at radius 3 is 2.61 bits per heavy atom. The Morgan fingerprint density at radius 1 is 1.16 bits per heavy atom. The minimum atomic E-state index is -0.430. The Kier molecular flexibility index (Phi) is 3.86. The molecule has 2 N–H and O–H groups in total. The second kappa shape index (κ2) is 6.42. The molecule has 158 valence electrons. The second-order valence-corrected chi connectivity index (χ2v) is 9.20. The number of carbonyl (C=O) groups is 1. The van der Waals surface area contributed by atoms with Crippen molar-refractivity contribution in [1.82, 2.24) is 19.9 Å². The van der Waals surface area contributed by atoms with Crippen LogP contribution in [0.3, 0.4) is 0 Å². The SMILES string of the molecule is CC1(C)c2[nH]c(N3CCN(C4COC4)CC3)nc2C(=O)c2c1[nH]c1cc(C#N)ccc21. The zero-order valence-corrected chi connectivity index (χ0v) is 17.7. The van der Waals surface area contributed by atoms with Crippen molar-refractivity contribution in [2.24, 2.45) is 0 Å². The maximum atomic E-state index is 13.5. The fourth-order valence-corrected chi connectivity index (χ4v) is 5.08. The van der Waals surface area contributed by atoms with Gasteiger partial charge in [0.1, 0.15) is 5.69 Å². The molecule has 8 heteroatoms. The number of ketones is 1. The van der Waals surface area contributed by atoms with Gasteiger partial charge in [0.2, 0.25) is 11.7 Å². The molecule has 3 aromatic rings. The monoisotopic (exact) mass is 416 g/mol. The fourth-order valence-electron chi connectivity index (χ4n) is 5.08. The molecule has 1 aromatic carbocycles. The molecule has 3 aliphatic rings. The lowest BCUT2D eigenvalue weighted by molar-refractivity contribution is -0.0661. The first kappa shape index (κ1) is 18.6. The average molecular weight is 416 g/mol. The molecule has 4 heterocycles. The summed E-state index contributed by atoms with van der Waals surface area (Å²) in [5.74, 6) is 0.713. The lowest BCUT2D eigenvalue weighted by Gasteiger charge is -2.42. The molecule has 0 amide bonds. The second-order valence-electron chi connectivity index (χ2n) is 9.20. The van der Waals surface area contributed by atoms with Crippen molar-refractivity contribution >= 4 is 22.6 Å². The molecule has 31 heavy (non-hydrogen) atoms. The molecular weight excluding hydrogens is 392 g/mol. The van der Waals surface area contributed by atoms with E-state index in [1.165, 1.54) is 0 Å². The minimum Gasteiger partial charge on any atom is -0.378 e. The van der Waals surface area contributed by atoms with Crippen LogP contribution in [0.2, 0.25) is 0 Å². The van der Waals surface area contributed by atoms with Crippen LogP contribution >= 0.6 is 0 Å². The van der Waals surface area contributed by atoms with Gasteiger partial charge in [-0.05, 0) is 26.0 Å². The van der Waals surface area contributed by atoms with Crippen molar-refractivity contribution in [1.29, 1.82) is 5.26 Å². The van der Waals surface area contributed by atoms with Crippen LogP contribution in [0.4, 0.5) is 5.95 Å². The number of fused-ring (bicyclic) bond motifs is 4. The Bertz CT molecular complexity index is 1250. The molecule has 2 fully saturated rings. The topological polar surface area (TPSA) is 101 Å². The molecule has 6 rings (SSSR count). The summed E-state index contributed by atoms with van der Waals surface area (Å²) in [7, 11) is 0. The summed E-state index contributed by atoms with van der Waals surface area (Å²) < 4.78 is 5.33. The first-order chi connectivity index (χ1) is 15.0. The number of aromatic nitrogens is 3. The number of carbonyl (C=O) groups excluding carboxylic acids is 1. The molecule has 2 saturated heterocycles. The highest BCUT2D eigenvalue weighted by Gasteiger charge is 2.43. The molecule has 0 saturated carbocycles. The highest BCUT2D eigenvalue weighted by molar-refractivity contribution is 6.19. The summed E-state index contributed by atoms with van der Waals surface area (Å²) in [6.07, 6.45) is 0. The predicted octanol–water partition coefficient (Wildman–Crippen LogP) is 2.15. The number of imidazole rings is 1. The van der Waals surface area contributed by atoms with Gasteiger partial charge in [0.15, 0.2) is 0 Å². The molecule has 0 spiro atoms. The minimum absolute atomic E-state index is 0.0620. The number of nitriles is 1. The van der Waals surface area contributed by atoms with Crippen LogP contribution < -0.4 is 4.90 Å². The largest absolute Gasteiger partial charge is 0.378 e. The van der Waals surface area contributed by atoms with Crippen molar-refractivity contribution in [2.75, 3.05) is 44.3 Å². The van der Waals surface area contributed by atoms with Crippen LogP contribution in [-0.2, 0) is 10.2 Å². The summed E-state index contributed by atoms with van der Waals surface area (Å²) >= 11 is 0. The summed E-state index contributed by atoms with van der Waals surface area (Å²) in [6.45, 7) is 9.58. The van der Waals surface area contributed by atoms with E-state index in [0.29, 0.717) is 22.9 Å². The van der Waals surface area contributed by atoms with Gasteiger partial charge < -0.3 is 19.6 Å². The standard InChI is InChI=1S/C23H24N6O2/c1-23(2)20-17(15-4-3-13(10-24)9-16(15)25-20)19(30)18-21(23)27-22(26-18)29-7-5-28(6-8-29)14-11-31-12-14/h3-4,9,14,25H,5-8,11-12H2,1-2H3,(H,26,27). The van der Waals surface area contributed by atoms with Crippen LogP contribution in [0.15, 0.2) is 18.2 Å². The molecule has 0 radical (unpaired) electrons. The number of nitrogens with one attached hydrogen (secondary N) is 2. The van der Waals surface area contributed by atoms with E-state index in [9.17, 15) is 10.1 Å². The van der Waals surface area contributed by atoms with Gasteiger partial charge in [-0.15, -0.1) is 0 Å². The predicted molar refractivity (Wildman–Crippen MR) is 116 cm³/mol. The van der Waals surface area contributed by atoms with E-state index < -0.39 is 5.41 Å². The van der Waals surface area contributed by atoms with Gasteiger partial charge in [0.05, 0.1) is 42.1 Å². The fraction of sp³-hybridized carbons (Fsp3) is 0.435. The molecule has 0 atom stereocenters. The van der Waals surface area contributed by atoms with Crippen molar-refractivity contribution < 1.29 is 9.53 Å². The Labute approximate surface area is 179 Å². The van der Waals surface area contributed by atoms with Crippen LogP contribution in [0.1, 0.15) is 46.9 Å². The zero-order chi connectivity index (χ0) is 21.3. The number of hydrogen-bond acceptors (Lipinski definition) is 6. The number of nitrogens with zero attached hydrogens (tertiary/aromatic N) is 4. The molecule has 8 nitrogen and oxygen atoms in total. The Balaban J connectivity index is 1.36. The van der Waals surface area contributed by atoms with Crippen molar-refractivity contribution in [3.8, 4) is 6.07 Å². The number of piperazine rings is 1. The number of benzene rings is 1. The highest BCUT2D eigenvalue weighted by atomic mass is 16.5. The average Bonchev–Trinajstić information content (AvgIpc) is 3.35. The van der Waals surface area contributed by atoms with Gasteiger partial charge in [-0.3, -0.25) is 9.69 Å².